The highest BCUT2D eigenvalue weighted by atomic mass is 35.5. The predicted molar refractivity (Wildman–Crippen MR) is 129 cm³/mol. The van der Waals surface area contributed by atoms with Crippen molar-refractivity contribution < 1.29 is 4.74 Å². The SMILES string of the molecule is S=c1n(CN2CCN(c3cccc(Cl)c3)CC2)nc(-c2cccs2)n1CC1CCCO1. The van der Waals surface area contributed by atoms with Gasteiger partial charge in [0.15, 0.2) is 10.6 Å². The van der Waals surface area contributed by atoms with Gasteiger partial charge in [-0.25, -0.2) is 4.68 Å². The van der Waals surface area contributed by atoms with E-state index in [2.05, 4.69) is 37.9 Å². The Kier molecular flexibility index (Phi) is 6.43. The molecule has 2 aliphatic rings. The molecule has 0 N–H and O–H groups in total. The van der Waals surface area contributed by atoms with E-state index in [1.54, 1.807) is 11.3 Å². The molecule has 2 saturated heterocycles. The highest BCUT2D eigenvalue weighted by molar-refractivity contribution is 7.71. The van der Waals surface area contributed by atoms with Crippen LogP contribution in [0.5, 0.6) is 0 Å². The summed E-state index contributed by atoms with van der Waals surface area (Å²) in [6.45, 7) is 6.16. The van der Waals surface area contributed by atoms with Gasteiger partial charge >= 0.3 is 0 Å². The van der Waals surface area contributed by atoms with E-state index in [0.717, 1.165) is 72.7 Å². The van der Waals surface area contributed by atoms with Crippen molar-refractivity contribution in [2.45, 2.75) is 32.2 Å². The van der Waals surface area contributed by atoms with Crippen LogP contribution in [-0.2, 0) is 18.0 Å². The fourth-order valence-electron chi connectivity index (χ4n) is 4.29. The van der Waals surface area contributed by atoms with E-state index in [4.69, 9.17) is 33.7 Å². The van der Waals surface area contributed by atoms with Gasteiger partial charge in [-0.15, -0.1) is 16.4 Å². The van der Waals surface area contributed by atoms with Crippen molar-refractivity contribution in [3.05, 3.63) is 51.6 Å². The highest BCUT2D eigenvalue weighted by Gasteiger charge is 2.23. The Morgan fingerprint density at radius 3 is 2.74 bits per heavy atom. The van der Waals surface area contributed by atoms with Gasteiger partial charge in [0.05, 0.1) is 24.2 Å². The summed E-state index contributed by atoms with van der Waals surface area (Å²) in [4.78, 5) is 5.95. The number of nitrogens with zero attached hydrogens (tertiary/aromatic N) is 5. The molecule has 2 fully saturated rings. The van der Waals surface area contributed by atoms with Crippen LogP contribution in [0.15, 0.2) is 41.8 Å². The number of halogens is 1. The van der Waals surface area contributed by atoms with Gasteiger partial charge in [0.25, 0.3) is 0 Å². The molecule has 0 bridgehead atoms. The Morgan fingerprint density at radius 1 is 1.16 bits per heavy atom. The van der Waals surface area contributed by atoms with Crippen LogP contribution in [0.2, 0.25) is 5.02 Å². The zero-order valence-corrected chi connectivity index (χ0v) is 19.7. The van der Waals surface area contributed by atoms with Crippen LogP contribution >= 0.6 is 35.2 Å². The molecular weight excluding hydrogens is 450 g/mol. The second-order valence-electron chi connectivity index (χ2n) is 8.06. The molecule has 31 heavy (non-hydrogen) atoms. The molecule has 3 aromatic rings. The lowest BCUT2D eigenvalue weighted by atomic mass is 10.2. The highest BCUT2D eigenvalue weighted by Crippen LogP contribution is 2.26. The van der Waals surface area contributed by atoms with Crippen molar-refractivity contribution >= 4 is 40.8 Å². The molecule has 0 saturated carbocycles. The number of hydrogen-bond acceptors (Lipinski definition) is 6. The summed E-state index contributed by atoms with van der Waals surface area (Å²) < 4.78 is 10.8. The summed E-state index contributed by atoms with van der Waals surface area (Å²) in [7, 11) is 0. The van der Waals surface area contributed by atoms with Crippen molar-refractivity contribution in [2.75, 3.05) is 37.7 Å². The van der Waals surface area contributed by atoms with Gasteiger partial charge in [0.2, 0.25) is 0 Å². The maximum absolute atomic E-state index is 6.17. The topological polar surface area (TPSA) is 38.5 Å². The minimum Gasteiger partial charge on any atom is -0.376 e. The zero-order chi connectivity index (χ0) is 21.2. The maximum Gasteiger partial charge on any atom is 0.199 e. The van der Waals surface area contributed by atoms with E-state index >= 15 is 0 Å². The number of piperazine rings is 1. The smallest absolute Gasteiger partial charge is 0.199 e. The molecule has 5 rings (SSSR count). The number of rotatable bonds is 6. The van der Waals surface area contributed by atoms with Crippen molar-refractivity contribution in [3.8, 4) is 10.7 Å². The Bertz CT molecular complexity index is 1070. The van der Waals surface area contributed by atoms with E-state index in [0.29, 0.717) is 6.67 Å². The number of thiophene rings is 1. The average molecular weight is 476 g/mol. The first-order valence-electron chi connectivity index (χ1n) is 10.7. The van der Waals surface area contributed by atoms with Crippen LogP contribution in [0.3, 0.4) is 0 Å². The van der Waals surface area contributed by atoms with Gasteiger partial charge in [-0.2, -0.15) is 0 Å². The van der Waals surface area contributed by atoms with E-state index < -0.39 is 0 Å². The summed E-state index contributed by atoms with van der Waals surface area (Å²) in [6.07, 6.45) is 2.43. The summed E-state index contributed by atoms with van der Waals surface area (Å²) in [5.74, 6) is 0.952. The summed E-state index contributed by atoms with van der Waals surface area (Å²) >= 11 is 13.7. The average Bonchev–Trinajstić information content (AvgIpc) is 3.54. The number of anilines is 1. The minimum atomic E-state index is 0.226. The molecule has 9 heteroatoms. The van der Waals surface area contributed by atoms with E-state index in [1.807, 2.05) is 22.9 Å². The first kappa shape index (κ1) is 21.2. The zero-order valence-electron chi connectivity index (χ0n) is 17.3. The van der Waals surface area contributed by atoms with Gasteiger partial charge in [-0.3, -0.25) is 9.47 Å². The molecule has 0 amide bonds. The summed E-state index contributed by atoms with van der Waals surface area (Å²) in [5.41, 5.74) is 1.18. The van der Waals surface area contributed by atoms with Crippen LogP contribution in [0.25, 0.3) is 10.7 Å². The van der Waals surface area contributed by atoms with Crippen LogP contribution in [0.1, 0.15) is 12.8 Å². The lowest BCUT2D eigenvalue weighted by Gasteiger charge is -2.35. The molecule has 2 aliphatic heterocycles. The lowest BCUT2D eigenvalue weighted by molar-refractivity contribution is 0.0966. The molecule has 1 aromatic carbocycles. The first-order valence-corrected chi connectivity index (χ1v) is 12.4. The van der Waals surface area contributed by atoms with Gasteiger partial charge in [-0.05, 0) is 54.7 Å². The third-order valence-electron chi connectivity index (χ3n) is 5.95. The van der Waals surface area contributed by atoms with Crippen LogP contribution in [0, 0.1) is 4.77 Å². The minimum absolute atomic E-state index is 0.226. The van der Waals surface area contributed by atoms with Crippen molar-refractivity contribution in [1.82, 2.24) is 19.2 Å². The molecule has 0 radical (unpaired) electrons. The molecule has 4 heterocycles. The molecule has 1 atom stereocenters. The first-order chi connectivity index (χ1) is 15.2. The number of ether oxygens (including phenoxy) is 1. The molecule has 0 spiro atoms. The van der Waals surface area contributed by atoms with Gasteiger partial charge < -0.3 is 9.64 Å². The van der Waals surface area contributed by atoms with Crippen molar-refractivity contribution in [2.24, 2.45) is 0 Å². The Balaban J connectivity index is 1.31. The van der Waals surface area contributed by atoms with E-state index in [-0.39, 0.29) is 6.10 Å². The second kappa shape index (κ2) is 9.42. The second-order valence-corrected chi connectivity index (χ2v) is 9.80. The van der Waals surface area contributed by atoms with E-state index in [9.17, 15) is 0 Å². The normalized spacial score (nSPS) is 19.9. The third-order valence-corrected chi connectivity index (χ3v) is 7.49. The molecule has 164 valence electrons. The van der Waals surface area contributed by atoms with Crippen molar-refractivity contribution in [3.63, 3.8) is 0 Å². The Labute approximate surface area is 196 Å². The number of aromatic nitrogens is 3. The Hall–Kier alpha value is -1.71. The van der Waals surface area contributed by atoms with Gasteiger partial charge in [0.1, 0.15) is 0 Å². The van der Waals surface area contributed by atoms with Crippen LogP contribution in [-0.4, -0.2) is 58.1 Å². The van der Waals surface area contributed by atoms with Gasteiger partial charge in [0, 0.05) is 43.5 Å². The largest absolute Gasteiger partial charge is 0.376 e. The van der Waals surface area contributed by atoms with Crippen LogP contribution < -0.4 is 4.90 Å². The molecule has 1 unspecified atom stereocenters. The maximum atomic E-state index is 6.17. The van der Waals surface area contributed by atoms with Crippen LogP contribution in [0.4, 0.5) is 5.69 Å². The van der Waals surface area contributed by atoms with Crippen molar-refractivity contribution in [1.29, 1.82) is 0 Å². The van der Waals surface area contributed by atoms with Gasteiger partial charge in [-0.1, -0.05) is 23.7 Å². The Morgan fingerprint density at radius 2 is 2.03 bits per heavy atom. The quantitative estimate of drug-likeness (QED) is 0.481. The lowest BCUT2D eigenvalue weighted by Crippen LogP contribution is -2.47. The molecular formula is C22H26ClN5OS2. The third kappa shape index (κ3) is 4.73. The molecule has 6 nitrogen and oxygen atoms in total. The fraction of sp³-hybridized carbons (Fsp3) is 0.455. The summed E-state index contributed by atoms with van der Waals surface area (Å²) in [6, 6.07) is 12.3. The molecule has 2 aromatic heterocycles. The predicted octanol–water partition coefficient (Wildman–Crippen LogP) is 4.75. The monoisotopic (exact) mass is 475 g/mol. The van der Waals surface area contributed by atoms with E-state index in [1.165, 1.54) is 5.69 Å². The number of benzene rings is 1. The standard InChI is InChI=1S/C22H26ClN5OS2/c23-17-4-1-5-18(14-17)26-10-8-25(9-11-26)16-28-22(30)27(15-19-6-2-12-29-19)21(24-28)20-7-3-13-31-20/h1,3-5,7,13-14,19H,2,6,8-12,15-16H2. The summed E-state index contributed by atoms with van der Waals surface area (Å²) in [5, 5.41) is 7.80. The fourth-order valence-corrected chi connectivity index (χ4v) is 5.45. The number of hydrogen-bond donors (Lipinski definition) is 0. The molecule has 0 aliphatic carbocycles.